The second-order valence-corrected chi connectivity index (χ2v) is 10.6. The number of thiophene rings is 1. The molecule has 3 amide bonds. The highest BCUT2D eigenvalue weighted by molar-refractivity contribution is 7.12. The summed E-state index contributed by atoms with van der Waals surface area (Å²) in [6.45, 7) is 2.40. The summed E-state index contributed by atoms with van der Waals surface area (Å²) in [4.78, 5) is 58.7. The molecule has 1 atom stereocenters. The zero-order chi connectivity index (χ0) is 27.4. The molecular weight excluding hydrogens is 518 g/mol. The number of nitrogens with zero attached hydrogens (tertiary/aromatic N) is 3. The van der Waals surface area contributed by atoms with E-state index in [1.165, 1.54) is 17.5 Å². The fourth-order valence-electron chi connectivity index (χ4n) is 4.65. The standard InChI is InChI=1S/C28H29N5O5S/c34-25(35)16-21(20-3-1-9-29-17-20)30-26(36)19-7-8-23(22(15-19)31-27(37)24-4-2-14-39-24)32-10-12-33(13-11-32)28(38)18-5-6-18/h1-4,7-9,14-15,17-18,21H,5-6,10-13,16H2,(H,30,36)(H,31,37)(H,34,35). The van der Waals surface area contributed by atoms with Crippen molar-refractivity contribution in [2.45, 2.75) is 25.3 Å². The minimum Gasteiger partial charge on any atom is -0.481 e. The summed E-state index contributed by atoms with van der Waals surface area (Å²) in [5.41, 5.74) is 2.08. The Kier molecular flexibility index (Phi) is 7.87. The van der Waals surface area contributed by atoms with Crippen LogP contribution in [0.2, 0.25) is 0 Å². The molecule has 2 aliphatic rings. The van der Waals surface area contributed by atoms with Gasteiger partial charge in [0.15, 0.2) is 0 Å². The maximum absolute atomic E-state index is 13.3. The number of piperazine rings is 1. The molecule has 3 N–H and O–H groups in total. The van der Waals surface area contributed by atoms with Crippen LogP contribution in [0.5, 0.6) is 0 Å². The van der Waals surface area contributed by atoms with Crippen molar-refractivity contribution >= 4 is 46.4 Å². The number of carbonyl (C=O) groups excluding carboxylic acids is 3. The molecule has 1 aromatic carbocycles. The number of carboxylic acid groups (broad SMARTS) is 1. The molecule has 2 fully saturated rings. The Bertz CT molecular complexity index is 1350. The van der Waals surface area contributed by atoms with Crippen LogP contribution in [-0.4, -0.2) is 64.9 Å². The predicted octanol–water partition coefficient (Wildman–Crippen LogP) is 3.40. The van der Waals surface area contributed by atoms with Gasteiger partial charge in [0, 0.05) is 50.1 Å². The van der Waals surface area contributed by atoms with Gasteiger partial charge in [0.2, 0.25) is 5.91 Å². The van der Waals surface area contributed by atoms with Gasteiger partial charge in [-0.1, -0.05) is 12.1 Å². The Morgan fingerprint density at radius 3 is 2.46 bits per heavy atom. The van der Waals surface area contributed by atoms with E-state index in [0.717, 1.165) is 18.5 Å². The Balaban J connectivity index is 1.37. The lowest BCUT2D eigenvalue weighted by Gasteiger charge is -2.37. The molecule has 39 heavy (non-hydrogen) atoms. The van der Waals surface area contributed by atoms with Gasteiger partial charge in [-0.05, 0) is 54.1 Å². The molecule has 0 radical (unpaired) electrons. The van der Waals surface area contributed by atoms with Gasteiger partial charge >= 0.3 is 5.97 Å². The van der Waals surface area contributed by atoms with Crippen molar-refractivity contribution in [3.05, 3.63) is 76.2 Å². The summed E-state index contributed by atoms with van der Waals surface area (Å²) in [7, 11) is 0. The van der Waals surface area contributed by atoms with Crippen molar-refractivity contribution < 1.29 is 24.3 Å². The van der Waals surface area contributed by atoms with Crippen LogP contribution in [0.1, 0.15) is 50.9 Å². The van der Waals surface area contributed by atoms with Crippen molar-refractivity contribution in [1.29, 1.82) is 0 Å². The first-order valence-electron chi connectivity index (χ1n) is 12.8. The van der Waals surface area contributed by atoms with Crippen molar-refractivity contribution in [1.82, 2.24) is 15.2 Å². The number of carbonyl (C=O) groups is 4. The number of aromatic nitrogens is 1. The lowest BCUT2D eigenvalue weighted by atomic mass is 10.0. The van der Waals surface area contributed by atoms with Crippen molar-refractivity contribution in [2.75, 3.05) is 36.4 Å². The smallest absolute Gasteiger partial charge is 0.305 e. The van der Waals surface area contributed by atoms with Crippen molar-refractivity contribution in [2.24, 2.45) is 5.92 Å². The second kappa shape index (κ2) is 11.6. The summed E-state index contributed by atoms with van der Waals surface area (Å²) in [6.07, 6.45) is 4.73. The van der Waals surface area contributed by atoms with Crippen LogP contribution < -0.4 is 15.5 Å². The molecule has 2 aromatic heterocycles. The van der Waals surface area contributed by atoms with Crippen molar-refractivity contribution in [3.8, 4) is 0 Å². The van der Waals surface area contributed by atoms with Gasteiger partial charge in [-0.2, -0.15) is 0 Å². The van der Waals surface area contributed by atoms with Crippen LogP contribution in [0, 0.1) is 5.92 Å². The van der Waals surface area contributed by atoms with Gasteiger partial charge in [-0.15, -0.1) is 11.3 Å². The van der Waals surface area contributed by atoms with Crippen LogP contribution in [-0.2, 0) is 9.59 Å². The number of hydrogen-bond acceptors (Lipinski definition) is 7. The van der Waals surface area contributed by atoms with Crippen LogP contribution >= 0.6 is 11.3 Å². The highest BCUT2D eigenvalue weighted by Gasteiger charge is 2.35. The van der Waals surface area contributed by atoms with Crippen LogP contribution in [0.15, 0.2) is 60.2 Å². The topological polar surface area (TPSA) is 132 Å². The van der Waals surface area contributed by atoms with Gasteiger partial charge in [0.05, 0.1) is 28.7 Å². The number of benzene rings is 1. The molecule has 3 heterocycles. The quantitative estimate of drug-likeness (QED) is 0.374. The molecule has 11 heteroatoms. The number of pyridine rings is 1. The number of amides is 3. The van der Waals surface area contributed by atoms with E-state index < -0.39 is 17.9 Å². The molecule has 5 rings (SSSR count). The predicted molar refractivity (Wildman–Crippen MR) is 147 cm³/mol. The molecule has 10 nitrogen and oxygen atoms in total. The third-order valence-electron chi connectivity index (χ3n) is 6.88. The molecule has 1 saturated heterocycles. The van der Waals surface area contributed by atoms with E-state index in [9.17, 15) is 24.3 Å². The third-order valence-corrected chi connectivity index (χ3v) is 7.75. The molecule has 0 bridgehead atoms. The van der Waals surface area contributed by atoms with E-state index in [2.05, 4.69) is 20.5 Å². The maximum Gasteiger partial charge on any atom is 0.305 e. The molecule has 1 unspecified atom stereocenters. The first kappa shape index (κ1) is 26.4. The largest absolute Gasteiger partial charge is 0.481 e. The van der Waals surface area contributed by atoms with Crippen LogP contribution in [0.3, 0.4) is 0 Å². The summed E-state index contributed by atoms with van der Waals surface area (Å²) < 4.78 is 0. The fraction of sp³-hybridized carbons (Fsp3) is 0.321. The average Bonchev–Trinajstić information content (AvgIpc) is 3.65. The lowest BCUT2D eigenvalue weighted by Crippen LogP contribution is -2.49. The molecule has 1 aliphatic carbocycles. The highest BCUT2D eigenvalue weighted by Crippen LogP contribution is 2.33. The summed E-state index contributed by atoms with van der Waals surface area (Å²) in [5.74, 6) is -1.42. The summed E-state index contributed by atoms with van der Waals surface area (Å²) >= 11 is 1.32. The molecule has 202 valence electrons. The van der Waals surface area contributed by atoms with E-state index in [0.29, 0.717) is 42.3 Å². The molecule has 0 spiro atoms. The van der Waals surface area contributed by atoms with Gasteiger partial charge in [0.25, 0.3) is 11.8 Å². The number of carboxylic acids is 1. The molecular formula is C28H29N5O5S. The average molecular weight is 548 g/mol. The van der Waals surface area contributed by atoms with E-state index >= 15 is 0 Å². The monoisotopic (exact) mass is 547 g/mol. The maximum atomic E-state index is 13.3. The lowest BCUT2D eigenvalue weighted by molar-refractivity contribution is -0.137. The normalized spacial score (nSPS) is 15.9. The van der Waals surface area contributed by atoms with Gasteiger partial charge in [-0.3, -0.25) is 24.2 Å². The van der Waals surface area contributed by atoms with E-state index in [1.807, 2.05) is 10.3 Å². The minimum absolute atomic E-state index is 0.173. The minimum atomic E-state index is -1.05. The molecule has 1 saturated carbocycles. The van der Waals surface area contributed by atoms with E-state index in [1.54, 1.807) is 48.7 Å². The summed E-state index contributed by atoms with van der Waals surface area (Å²) in [6, 6.07) is 11.2. The molecule has 3 aromatic rings. The third kappa shape index (κ3) is 6.43. The van der Waals surface area contributed by atoms with E-state index in [4.69, 9.17) is 0 Å². The first-order valence-corrected chi connectivity index (χ1v) is 13.7. The Morgan fingerprint density at radius 1 is 1.03 bits per heavy atom. The SMILES string of the molecule is O=C(O)CC(NC(=O)c1ccc(N2CCN(C(=O)C3CC3)CC2)c(NC(=O)c2cccs2)c1)c1cccnc1. The fourth-order valence-corrected chi connectivity index (χ4v) is 5.27. The summed E-state index contributed by atoms with van der Waals surface area (Å²) in [5, 5.41) is 16.9. The van der Waals surface area contributed by atoms with Crippen LogP contribution in [0.25, 0.3) is 0 Å². The van der Waals surface area contributed by atoms with Crippen LogP contribution in [0.4, 0.5) is 11.4 Å². The second-order valence-electron chi connectivity index (χ2n) is 9.66. The zero-order valence-corrected chi connectivity index (χ0v) is 22.0. The van der Waals surface area contributed by atoms with Gasteiger partial charge in [0.1, 0.15) is 0 Å². The molecule has 1 aliphatic heterocycles. The van der Waals surface area contributed by atoms with E-state index in [-0.39, 0.29) is 29.7 Å². The zero-order valence-electron chi connectivity index (χ0n) is 21.2. The number of rotatable bonds is 9. The number of aliphatic carboxylic acids is 1. The Morgan fingerprint density at radius 2 is 1.82 bits per heavy atom. The number of anilines is 2. The highest BCUT2D eigenvalue weighted by atomic mass is 32.1. The Labute approximate surface area is 229 Å². The number of nitrogens with one attached hydrogen (secondary N) is 2. The Hall–Kier alpha value is -4.25. The van der Waals surface area contributed by atoms with Gasteiger partial charge in [-0.25, -0.2) is 0 Å². The van der Waals surface area contributed by atoms with Gasteiger partial charge < -0.3 is 25.5 Å². The first-order chi connectivity index (χ1) is 18.9. The number of hydrogen-bond donors (Lipinski definition) is 3. The van der Waals surface area contributed by atoms with Crippen molar-refractivity contribution in [3.63, 3.8) is 0 Å².